The van der Waals surface area contributed by atoms with Gasteiger partial charge in [-0.25, -0.2) is 4.79 Å². The number of ether oxygens (including phenoxy) is 2. The van der Waals surface area contributed by atoms with Crippen LogP contribution in [0.1, 0.15) is 42.6 Å². The number of nitrogens with one attached hydrogen (secondary N) is 1. The number of carbonyl (C=O) groups excluding carboxylic acids is 3. The molecule has 0 bridgehead atoms. The maximum Gasteiger partial charge on any atom is 0.342 e. The second-order valence-electron chi connectivity index (χ2n) is 8.16. The third kappa shape index (κ3) is 10.1. The predicted molar refractivity (Wildman–Crippen MR) is 137 cm³/mol. The SMILES string of the molecule is CO/N=C\C=C\C(=O)N/C=C/CC1CC(=O)OC(C)/C=C/C(O)C(C)=CCc2cccc(O)c2C(=O)O1. The third-order valence-corrected chi connectivity index (χ3v) is 5.24. The Morgan fingerprint density at radius 1 is 1.27 bits per heavy atom. The number of phenolic OH excluding ortho intramolecular Hbond substituents is 1. The number of allylic oxidation sites excluding steroid dienone is 2. The molecule has 1 aromatic rings. The second-order valence-corrected chi connectivity index (χ2v) is 8.16. The summed E-state index contributed by atoms with van der Waals surface area (Å²) in [5.74, 6) is -2.12. The highest BCUT2D eigenvalue weighted by molar-refractivity contribution is 5.94. The molecule has 3 atom stereocenters. The largest absolute Gasteiger partial charge is 0.507 e. The van der Waals surface area contributed by atoms with E-state index in [-0.39, 0.29) is 30.6 Å². The molecule has 0 radical (unpaired) electrons. The normalized spacial score (nSPS) is 22.5. The number of aromatic hydroxyl groups is 1. The first kappa shape index (κ1) is 29.1. The van der Waals surface area contributed by atoms with Gasteiger partial charge in [-0.2, -0.15) is 0 Å². The molecule has 0 aromatic heterocycles. The van der Waals surface area contributed by atoms with Gasteiger partial charge in [-0.05, 0) is 49.6 Å². The first-order valence-electron chi connectivity index (χ1n) is 11.6. The smallest absolute Gasteiger partial charge is 0.342 e. The standard InChI is InChI=1S/C27H32N2O8/c1-18-11-13-20-7-4-9-23(31)26(20)27(34)37-21(17-25(33)36-19(2)12-14-22(18)30)8-5-15-28-24(32)10-6-16-29-35-3/h4-7,9-12,14-16,19,21-22,30-31H,8,13,17H2,1-3H3,(H,28,32)/b10-6+,14-12+,15-5+,18-11?,29-16-. The van der Waals surface area contributed by atoms with Crippen molar-refractivity contribution in [2.75, 3.05) is 7.11 Å². The molecule has 0 spiro atoms. The molecule has 0 saturated carbocycles. The van der Waals surface area contributed by atoms with Gasteiger partial charge in [0.25, 0.3) is 0 Å². The molecule has 0 aliphatic carbocycles. The number of hydrogen-bond donors (Lipinski definition) is 3. The Balaban J connectivity index is 2.25. The van der Waals surface area contributed by atoms with Gasteiger partial charge in [0.05, 0.1) is 18.7 Å². The Labute approximate surface area is 215 Å². The molecule has 3 unspecified atom stereocenters. The molecular formula is C27H32N2O8. The molecule has 37 heavy (non-hydrogen) atoms. The van der Waals surface area contributed by atoms with Crippen molar-refractivity contribution in [1.29, 1.82) is 0 Å². The van der Waals surface area contributed by atoms with Crippen LogP contribution in [-0.4, -0.2) is 59.7 Å². The van der Waals surface area contributed by atoms with E-state index in [4.69, 9.17) is 9.47 Å². The predicted octanol–water partition coefficient (Wildman–Crippen LogP) is 2.87. The van der Waals surface area contributed by atoms with Gasteiger partial charge in [0.1, 0.15) is 30.6 Å². The molecule has 1 aliphatic heterocycles. The van der Waals surface area contributed by atoms with Crippen LogP contribution < -0.4 is 5.32 Å². The highest BCUT2D eigenvalue weighted by Gasteiger charge is 2.24. The van der Waals surface area contributed by atoms with Crippen LogP contribution >= 0.6 is 0 Å². The van der Waals surface area contributed by atoms with E-state index in [2.05, 4.69) is 15.3 Å². The number of nitrogens with zero attached hydrogens (tertiary/aromatic N) is 1. The summed E-state index contributed by atoms with van der Waals surface area (Å²) in [5.41, 5.74) is 1.09. The minimum Gasteiger partial charge on any atom is -0.507 e. The lowest BCUT2D eigenvalue weighted by Gasteiger charge is -2.18. The highest BCUT2D eigenvalue weighted by Crippen LogP contribution is 2.25. The van der Waals surface area contributed by atoms with Crippen LogP contribution in [0.25, 0.3) is 0 Å². The van der Waals surface area contributed by atoms with E-state index in [9.17, 15) is 24.6 Å². The number of aliphatic hydroxyl groups is 1. The summed E-state index contributed by atoms with van der Waals surface area (Å²) in [6, 6.07) is 4.65. The average molecular weight is 513 g/mol. The van der Waals surface area contributed by atoms with Gasteiger partial charge in [0, 0.05) is 18.7 Å². The number of phenols is 1. The van der Waals surface area contributed by atoms with Crippen molar-refractivity contribution >= 4 is 24.1 Å². The maximum absolute atomic E-state index is 13.1. The van der Waals surface area contributed by atoms with Crippen LogP contribution in [0, 0.1) is 0 Å². The van der Waals surface area contributed by atoms with Crippen LogP contribution in [0.4, 0.5) is 0 Å². The van der Waals surface area contributed by atoms with E-state index in [1.54, 1.807) is 38.1 Å². The number of benzene rings is 1. The zero-order chi connectivity index (χ0) is 27.2. The zero-order valence-corrected chi connectivity index (χ0v) is 21.0. The zero-order valence-electron chi connectivity index (χ0n) is 21.0. The average Bonchev–Trinajstić information content (AvgIpc) is 2.85. The minimum absolute atomic E-state index is 0.0293. The lowest BCUT2D eigenvalue weighted by molar-refractivity contribution is -0.148. The molecule has 2 rings (SSSR count). The second kappa shape index (κ2) is 15.0. The molecule has 0 fully saturated rings. The Hall–Kier alpha value is -4.18. The number of cyclic esters (lactones) is 2. The van der Waals surface area contributed by atoms with E-state index >= 15 is 0 Å². The number of oxime groups is 1. The van der Waals surface area contributed by atoms with Gasteiger partial charge in [0.2, 0.25) is 5.91 Å². The summed E-state index contributed by atoms with van der Waals surface area (Å²) in [7, 11) is 1.38. The number of aliphatic hydroxyl groups excluding tert-OH is 1. The van der Waals surface area contributed by atoms with Gasteiger partial charge in [-0.15, -0.1) is 0 Å². The topological polar surface area (TPSA) is 144 Å². The maximum atomic E-state index is 13.1. The lowest BCUT2D eigenvalue weighted by atomic mass is 10.0. The van der Waals surface area contributed by atoms with Crippen LogP contribution in [0.3, 0.4) is 0 Å². The number of esters is 2. The van der Waals surface area contributed by atoms with E-state index in [0.717, 1.165) is 0 Å². The van der Waals surface area contributed by atoms with Gasteiger partial charge < -0.3 is 29.8 Å². The van der Waals surface area contributed by atoms with Crippen molar-refractivity contribution in [3.05, 3.63) is 77.6 Å². The molecule has 10 heteroatoms. The number of carbonyl (C=O) groups is 3. The molecule has 3 N–H and O–H groups in total. The quantitative estimate of drug-likeness (QED) is 0.174. The van der Waals surface area contributed by atoms with Crippen LogP contribution in [0.2, 0.25) is 0 Å². The molecule has 1 aromatic carbocycles. The Morgan fingerprint density at radius 3 is 2.81 bits per heavy atom. The molecular weight excluding hydrogens is 480 g/mol. The van der Waals surface area contributed by atoms with Crippen molar-refractivity contribution in [1.82, 2.24) is 5.32 Å². The van der Waals surface area contributed by atoms with Crippen LogP contribution in [-0.2, 0) is 30.3 Å². The third-order valence-electron chi connectivity index (χ3n) is 5.24. The number of amides is 1. The molecule has 1 heterocycles. The summed E-state index contributed by atoms with van der Waals surface area (Å²) in [4.78, 5) is 41.9. The minimum atomic E-state index is -0.936. The number of rotatable bonds is 6. The highest BCUT2D eigenvalue weighted by atomic mass is 16.6. The summed E-state index contributed by atoms with van der Waals surface area (Å²) < 4.78 is 10.9. The molecule has 198 valence electrons. The van der Waals surface area contributed by atoms with Crippen LogP contribution in [0.5, 0.6) is 5.75 Å². The first-order valence-corrected chi connectivity index (χ1v) is 11.6. The number of hydrogen-bond acceptors (Lipinski definition) is 9. The lowest BCUT2D eigenvalue weighted by Crippen LogP contribution is -2.25. The molecule has 1 amide bonds. The van der Waals surface area contributed by atoms with E-state index in [1.165, 1.54) is 49.9 Å². The summed E-state index contributed by atoms with van der Waals surface area (Å²) in [5, 5.41) is 26.7. The molecule has 0 saturated heterocycles. The van der Waals surface area contributed by atoms with Gasteiger partial charge in [-0.1, -0.05) is 35.5 Å². The van der Waals surface area contributed by atoms with Gasteiger partial charge >= 0.3 is 11.9 Å². The fraction of sp³-hybridized carbons (Fsp3) is 0.333. The van der Waals surface area contributed by atoms with Crippen molar-refractivity contribution in [3.63, 3.8) is 0 Å². The summed E-state index contributed by atoms with van der Waals surface area (Å²) in [6.45, 7) is 3.38. The summed E-state index contributed by atoms with van der Waals surface area (Å²) in [6.07, 6.45) is 9.26. The monoisotopic (exact) mass is 512 g/mol. The van der Waals surface area contributed by atoms with Crippen molar-refractivity contribution in [2.24, 2.45) is 5.16 Å². The number of fused-ring (bicyclic) bond motifs is 1. The Bertz CT molecular complexity index is 1100. The van der Waals surface area contributed by atoms with E-state index < -0.39 is 36.2 Å². The van der Waals surface area contributed by atoms with E-state index in [1.807, 2.05) is 0 Å². The molecule has 10 nitrogen and oxygen atoms in total. The van der Waals surface area contributed by atoms with E-state index in [0.29, 0.717) is 11.1 Å². The summed E-state index contributed by atoms with van der Waals surface area (Å²) >= 11 is 0. The Kier molecular flexibility index (Phi) is 11.8. The van der Waals surface area contributed by atoms with Gasteiger partial charge in [-0.3, -0.25) is 9.59 Å². The first-order chi connectivity index (χ1) is 17.7. The fourth-order valence-corrected chi connectivity index (χ4v) is 3.30. The van der Waals surface area contributed by atoms with Crippen LogP contribution in [0.15, 0.2) is 71.6 Å². The van der Waals surface area contributed by atoms with Gasteiger partial charge in [0.15, 0.2) is 0 Å². The van der Waals surface area contributed by atoms with Crippen molar-refractivity contribution < 1.29 is 38.9 Å². The van der Waals surface area contributed by atoms with Crippen molar-refractivity contribution in [2.45, 2.75) is 51.4 Å². The Morgan fingerprint density at radius 2 is 2.05 bits per heavy atom. The fourth-order valence-electron chi connectivity index (χ4n) is 3.30. The molecule has 1 aliphatic rings. The van der Waals surface area contributed by atoms with Crippen molar-refractivity contribution in [3.8, 4) is 5.75 Å².